The molecule has 6 heteroatoms. The van der Waals surface area contributed by atoms with E-state index >= 15 is 0 Å². The van der Waals surface area contributed by atoms with Gasteiger partial charge in [-0.25, -0.2) is 4.79 Å². The molecule has 2 aromatic heterocycles. The van der Waals surface area contributed by atoms with Crippen LogP contribution in [0.5, 0.6) is 0 Å². The number of aromatic amines is 2. The van der Waals surface area contributed by atoms with Crippen LogP contribution in [0.4, 0.5) is 0 Å². The van der Waals surface area contributed by atoms with Crippen LogP contribution in [0.2, 0.25) is 0 Å². The summed E-state index contributed by atoms with van der Waals surface area (Å²) < 4.78 is 1.50. The van der Waals surface area contributed by atoms with E-state index < -0.39 is 5.69 Å². The first-order valence-electron chi connectivity index (χ1n) is 4.31. The Balaban J connectivity index is 3.04. The molecule has 0 atom stereocenters. The van der Waals surface area contributed by atoms with Crippen molar-refractivity contribution in [1.82, 2.24) is 19.7 Å². The van der Waals surface area contributed by atoms with Gasteiger partial charge in [-0.2, -0.15) is 5.10 Å². The fourth-order valence-corrected chi connectivity index (χ4v) is 1.51. The van der Waals surface area contributed by atoms with Crippen LogP contribution in [-0.2, 0) is 13.5 Å². The Bertz CT molecular complexity index is 589. The molecule has 2 N–H and O–H groups in total. The van der Waals surface area contributed by atoms with Gasteiger partial charge in [0.05, 0.1) is 5.69 Å². The Labute approximate surface area is 78.6 Å². The topological polar surface area (TPSA) is 83.5 Å². The third kappa shape index (κ3) is 1.07. The highest BCUT2D eigenvalue weighted by Crippen LogP contribution is 2.09. The number of nitrogens with one attached hydrogen (secondary N) is 2. The van der Waals surface area contributed by atoms with E-state index in [1.54, 1.807) is 7.05 Å². The van der Waals surface area contributed by atoms with Crippen molar-refractivity contribution in [2.45, 2.75) is 13.3 Å². The Hall–Kier alpha value is -1.85. The van der Waals surface area contributed by atoms with E-state index in [-0.39, 0.29) is 5.56 Å². The number of nitrogens with zero attached hydrogens (tertiary/aromatic N) is 2. The van der Waals surface area contributed by atoms with E-state index in [4.69, 9.17) is 0 Å². The summed E-state index contributed by atoms with van der Waals surface area (Å²) in [6.45, 7) is 1.91. The molecule has 14 heavy (non-hydrogen) atoms. The van der Waals surface area contributed by atoms with Gasteiger partial charge in [-0.05, 0) is 6.42 Å². The molecule has 0 unspecified atom stereocenters. The molecule has 2 rings (SSSR count). The maximum Gasteiger partial charge on any atom is 0.327 e. The van der Waals surface area contributed by atoms with Gasteiger partial charge in [0.25, 0.3) is 5.56 Å². The third-order valence-electron chi connectivity index (χ3n) is 2.14. The van der Waals surface area contributed by atoms with Crippen molar-refractivity contribution in [3.05, 3.63) is 26.5 Å². The molecule has 0 saturated carbocycles. The van der Waals surface area contributed by atoms with E-state index in [0.717, 1.165) is 0 Å². The number of aryl methyl sites for hydroxylation is 2. The standard InChI is InChI=1S/C8H10N4O2/c1-3-4-5-6(12(2)11-4)9-8(14)10-7(5)13/h3H2,1-2H3,(H2,9,10,13,14). The molecule has 0 aliphatic carbocycles. The van der Waals surface area contributed by atoms with Gasteiger partial charge in [0.1, 0.15) is 11.0 Å². The lowest BCUT2D eigenvalue weighted by molar-refractivity contribution is 0.759. The molecule has 0 aliphatic rings. The summed E-state index contributed by atoms with van der Waals surface area (Å²) >= 11 is 0. The normalized spacial score (nSPS) is 11.0. The summed E-state index contributed by atoms with van der Waals surface area (Å²) in [7, 11) is 1.69. The van der Waals surface area contributed by atoms with Crippen molar-refractivity contribution in [3.8, 4) is 0 Å². The second-order valence-corrected chi connectivity index (χ2v) is 3.06. The van der Waals surface area contributed by atoms with Gasteiger partial charge < -0.3 is 0 Å². The molecule has 6 nitrogen and oxygen atoms in total. The number of hydrogen-bond donors (Lipinski definition) is 2. The lowest BCUT2D eigenvalue weighted by Crippen LogP contribution is -2.22. The van der Waals surface area contributed by atoms with Crippen molar-refractivity contribution in [2.24, 2.45) is 7.05 Å². The van der Waals surface area contributed by atoms with E-state index in [1.165, 1.54) is 4.68 Å². The van der Waals surface area contributed by atoms with Crippen molar-refractivity contribution in [2.75, 3.05) is 0 Å². The zero-order chi connectivity index (χ0) is 10.3. The van der Waals surface area contributed by atoms with Crippen LogP contribution in [0.3, 0.4) is 0 Å². The maximum atomic E-state index is 11.5. The molecular weight excluding hydrogens is 184 g/mol. The summed E-state index contributed by atoms with van der Waals surface area (Å²) in [5.74, 6) is 0. The van der Waals surface area contributed by atoms with Crippen LogP contribution in [0.25, 0.3) is 11.0 Å². The zero-order valence-electron chi connectivity index (χ0n) is 7.92. The Morgan fingerprint density at radius 2 is 2.07 bits per heavy atom. The molecule has 2 heterocycles. The predicted octanol–water partition coefficient (Wildman–Crippen LogP) is -0.488. The monoisotopic (exact) mass is 194 g/mol. The van der Waals surface area contributed by atoms with Crippen LogP contribution in [0.1, 0.15) is 12.6 Å². The van der Waals surface area contributed by atoms with E-state index in [9.17, 15) is 9.59 Å². The molecule has 0 aromatic carbocycles. The van der Waals surface area contributed by atoms with Crippen LogP contribution < -0.4 is 11.2 Å². The third-order valence-corrected chi connectivity index (χ3v) is 2.14. The van der Waals surface area contributed by atoms with E-state index in [1.807, 2.05) is 6.92 Å². The van der Waals surface area contributed by atoms with Gasteiger partial charge in [0.15, 0.2) is 0 Å². The van der Waals surface area contributed by atoms with Crippen LogP contribution in [-0.4, -0.2) is 19.7 Å². The molecule has 74 valence electrons. The number of aromatic nitrogens is 4. The quantitative estimate of drug-likeness (QED) is 0.642. The first-order chi connectivity index (χ1) is 6.63. The molecular formula is C8H10N4O2. The summed E-state index contributed by atoms with van der Waals surface area (Å²) in [6.07, 6.45) is 0.659. The Morgan fingerprint density at radius 1 is 1.36 bits per heavy atom. The van der Waals surface area contributed by atoms with Crippen LogP contribution >= 0.6 is 0 Å². The van der Waals surface area contributed by atoms with Gasteiger partial charge in [-0.3, -0.25) is 19.4 Å². The minimum absolute atomic E-state index is 0.381. The molecule has 2 aromatic rings. The summed E-state index contributed by atoms with van der Waals surface area (Å²) in [5.41, 5.74) is 0.275. The average molecular weight is 194 g/mol. The molecule has 0 saturated heterocycles. The summed E-state index contributed by atoms with van der Waals surface area (Å²) in [6, 6.07) is 0. The predicted molar refractivity (Wildman–Crippen MR) is 51.3 cm³/mol. The van der Waals surface area contributed by atoms with E-state index in [2.05, 4.69) is 15.1 Å². The zero-order valence-corrected chi connectivity index (χ0v) is 7.92. The van der Waals surface area contributed by atoms with Gasteiger partial charge >= 0.3 is 5.69 Å². The molecule has 0 amide bonds. The van der Waals surface area contributed by atoms with Crippen molar-refractivity contribution in [3.63, 3.8) is 0 Å². The van der Waals surface area contributed by atoms with Gasteiger partial charge in [0.2, 0.25) is 0 Å². The second-order valence-electron chi connectivity index (χ2n) is 3.06. The van der Waals surface area contributed by atoms with Crippen LogP contribution in [0, 0.1) is 0 Å². The Kier molecular flexibility index (Phi) is 1.77. The summed E-state index contributed by atoms with van der Waals surface area (Å²) in [5, 5.41) is 4.60. The summed E-state index contributed by atoms with van der Waals surface area (Å²) in [4.78, 5) is 27.2. The fraction of sp³-hybridized carbons (Fsp3) is 0.375. The molecule has 0 radical (unpaired) electrons. The number of H-pyrrole nitrogens is 2. The van der Waals surface area contributed by atoms with Crippen molar-refractivity contribution >= 4 is 11.0 Å². The number of hydrogen-bond acceptors (Lipinski definition) is 3. The minimum Gasteiger partial charge on any atom is -0.292 e. The first-order valence-corrected chi connectivity index (χ1v) is 4.31. The number of fused-ring (bicyclic) bond motifs is 1. The Morgan fingerprint density at radius 3 is 2.71 bits per heavy atom. The molecule has 0 bridgehead atoms. The van der Waals surface area contributed by atoms with Gasteiger partial charge in [-0.1, -0.05) is 6.92 Å². The largest absolute Gasteiger partial charge is 0.327 e. The lowest BCUT2D eigenvalue weighted by Gasteiger charge is -1.90. The van der Waals surface area contributed by atoms with Gasteiger partial charge in [0, 0.05) is 7.05 Å². The minimum atomic E-state index is -0.506. The highest BCUT2D eigenvalue weighted by atomic mass is 16.2. The highest BCUT2D eigenvalue weighted by molar-refractivity contribution is 5.76. The maximum absolute atomic E-state index is 11.5. The van der Waals surface area contributed by atoms with E-state index in [0.29, 0.717) is 23.1 Å². The first kappa shape index (κ1) is 8.74. The number of rotatable bonds is 1. The SMILES string of the molecule is CCc1nn(C)c2[nH]c(=O)[nH]c(=O)c12. The van der Waals surface area contributed by atoms with Crippen LogP contribution in [0.15, 0.2) is 9.59 Å². The lowest BCUT2D eigenvalue weighted by atomic mass is 10.2. The second kappa shape index (κ2) is 2.83. The average Bonchev–Trinajstić information content (AvgIpc) is 2.43. The molecule has 0 fully saturated rings. The smallest absolute Gasteiger partial charge is 0.292 e. The molecule has 0 spiro atoms. The highest BCUT2D eigenvalue weighted by Gasteiger charge is 2.11. The van der Waals surface area contributed by atoms with Gasteiger partial charge in [-0.15, -0.1) is 0 Å². The van der Waals surface area contributed by atoms with Crippen molar-refractivity contribution in [1.29, 1.82) is 0 Å². The fourth-order valence-electron chi connectivity index (χ4n) is 1.51. The van der Waals surface area contributed by atoms with Crippen molar-refractivity contribution < 1.29 is 0 Å². The molecule has 0 aliphatic heterocycles.